The maximum atomic E-state index is 11.8. The fourth-order valence-corrected chi connectivity index (χ4v) is 2.01. The lowest BCUT2D eigenvalue weighted by Crippen LogP contribution is -2.42. The Hall–Kier alpha value is -2.61. The van der Waals surface area contributed by atoms with Crippen molar-refractivity contribution in [3.8, 4) is 0 Å². The van der Waals surface area contributed by atoms with E-state index in [1.54, 1.807) is 0 Å². The highest BCUT2D eigenvalue weighted by atomic mass is 16.6. The molecule has 0 spiro atoms. The van der Waals surface area contributed by atoms with E-state index < -0.39 is 30.1 Å². The first-order valence-corrected chi connectivity index (χ1v) is 7.95. The average molecular weight is 352 g/mol. The molecule has 0 saturated carbocycles. The number of amides is 1. The van der Waals surface area contributed by atoms with Crippen LogP contribution in [-0.4, -0.2) is 48.9 Å². The predicted molar refractivity (Wildman–Crippen MR) is 89.9 cm³/mol. The largest absolute Gasteiger partial charge is 0.480 e. The van der Waals surface area contributed by atoms with Gasteiger partial charge in [0.05, 0.1) is 7.11 Å². The third kappa shape index (κ3) is 8.16. The summed E-state index contributed by atoms with van der Waals surface area (Å²) < 4.78 is 9.75. The van der Waals surface area contributed by atoms with Crippen molar-refractivity contribution in [1.82, 2.24) is 10.6 Å². The first kappa shape index (κ1) is 20.4. The van der Waals surface area contributed by atoms with Crippen LogP contribution in [0.3, 0.4) is 0 Å². The summed E-state index contributed by atoms with van der Waals surface area (Å²) in [6, 6.07) is 7.63. The number of ether oxygens (including phenoxy) is 2. The zero-order valence-corrected chi connectivity index (χ0v) is 14.4. The highest BCUT2D eigenvalue weighted by Gasteiger charge is 2.22. The highest BCUT2D eigenvalue weighted by molar-refractivity contribution is 5.81. The molecule has 8 nitrogen and oxygen atoms in total. The van der Waals surface area contributed by atoms with E-state index in [1.807, 2.05) is 30.3 Å². The Labute approximate surface area is 146 Å². The molecule has 0 radical (unpaired) electrons. The maximum Gasteiger partial charge on any atom is 0.408 e. The van der Waals surface area contributed by atoms with Crippen LogP contribution < -0.4 is 10.6 Å². The molecule has 2 atom stereocenters. The van der Waals surface area contributed by atoms with Gasteiger partial charge in [-0.15, -0.1) is 0 Å². The number of carboxylic acid groups (broad SMARTS) is 1. The number of benzene rings is 1. The molecule has 1 aromatic carbocycles. The van der Waals surface area contributed by atoms with Gasteiger partial charge in [0, 0.05) is 0 Å². The van der Waals surface area contributed by atoms with Crippen LogP contribution in [0, 0.1) is 0 Å². The number of nitrogens with one attached hydrogen (secondary N) is 2. The van der Waals surface area contributed by atoms with Crippen LogP contribution in [0.15, 0.2) is 30.3 Å². The topological polar surface area (TPSA) is 114 Å². The fraction of sp³-hybridized carbons (Fsp3) is 0.471. The molecular weight excluding hydrogens is 328 g/mol. The van der Waals surface area contributed by atoms with Gasteiger partial charge in [-0.05, 0) is 31.9 Å². The Balaban J connectivity index is 2.40. The predicted octanol–water partition coefficient (Wildman–Crippen LogP) is 1.30. The number of alkyl carbamates (subject to hydrolysis) is 1. The Morgan fingerprint density at radius 2 is 1.88 bits per heavy atom. The molecule has 8 heteroatoms. The van der Waals surface area contributed by atoms with Gasteiger partial charge >= 0.3 is 18.0 Å². The lowest BCUT2D eigenvalue weighted by atomic mass is 10.1. The Kier molecular flexibility index (Phi) is 9.02. The number of carbonyl (C=O) groups is 3. The first-order valence-electron chi connectivity index (χ1n) is 7.95. The van der Waals surface area contributed by atoms with E-state index in [1.165, 1.54) is 14.0 Å². The number of rotatable bonds is 10. The molecule has 1 rings (SSSR count). The second kappa shape index (κ2) is 11.0. The summed E-state index contributed by atoms with van der Waals surface area (Å²) >= 11 is 0. The maximum absolute atomic E-state index is 11.8. The van der Waals surface area contributed by atoms with Crippen LogP contribution in [0.1, 0.15) is 25.3 Å². The summed E-state index contributed by atoms with van der Waals surface area (Å²) in [5.41, 5.74) is 0.833. The van der Waals surface area contributed by atoms with Crippen LogP contribution >= 0.6 is 0 Å². The van der Waals surface area contributed by atoms with Crippen LogP contribution in [0.2, 0.25) is 0 Å². The van der Waals surface area contributed by atoms with E-state index in [0.29, 0.717) is 19.4 Å². The third-order valence-electron chi connectivity index (χ3n) is 3.48. The fourth-order valence-electron chi connectivity index (χ4n) is 2.01. The molecule has 3 N–H and O–H groups in total. The van der Waals surface area contributed by atoms with Gasteiger partial charge in [0.1, 0.15) is 18.7 Å². The number of carbonyl (C=O) groups excluding carboxylic acids is 2. The molecule has 138 valence electrons. The smallest absolute Gasteiger partial charge is 0.408 e. The Morgan fingerprint density at radius 1 is 1.20 bits per heavy atom. The van der Waals surface area contributed by atoms with Crippen molar-refractivity contribution in [2.24, 2.45) is 0 Å². The molecular formula is C17H24N2O6. The number of methoxy groups -OCH3 is 1. The molecule has 0 fully saturated rings. The lowest BCUT2D eigenvalue weighted by molar-refractivity contribution is -0.143. The summed E-state index contributed by atoms with van der Waals surface area (Å²) in [6.07, 6.45) is 0.0640. The van der Waals surface area contributed by atoms with Gasteiger partial charge in [0.25, 0.3) is 0 Å². The van der Waals surface area contributed by atoms with Crippen molar-refractivity contribution >= 4 is 18.0 Å². The average Bonchev–Trinajstić information content (AvgIpc) is 2.62. The van der Waals surface area contributed by atoms with E-state index in [-0.39, 0.29) is 6.61 Å². The molecule has 0 aliphatic rings. The van der Waals surface area contributed by atoms with Gasteiger partial charge in [-0.1, -0.05) is 30.3 Å². The lowest BCUT2D eigenvalue weighted by Gasteiger charge is -2.17. The van der Waals surface area contributed by atoms with Crippen LogP contribution in [0.5, 0.6) is 0 Å². The van der Waals surface area contributed by atoms with Crippen LogP contribution in [0.4, 0.5) is 4.79 Å². The summed E-state index contributed by atoms with van der Waals surface area (Å²) in [7, 11) is 1.23. The molecule has 0 saturated heterocycles. The van der Waals surface area contributed by atoms with Crippen molar-refractivity contribution in [3.63, 3.8) is 0 Å². The summed E-state index contributed by atoms with van der Waals surface area (Å²) in [5, 5.41) is 14.0. The van der Waals surface area contributed by atoms with Crippen molar-refractivity contribution in [3.05, 3.63) is 35.9 Å². The summed E-state index contributed by atoms with van der Waals surface area (Å²) in [5.74, 6) is -1.53. The Morgan fingerprint density at radius 3 is 2.48 bits per heavy atom. The molecule has 25 heavy (non-hydrogen) atoms. The minimum atomic E-state index is -0.952. The minimum Gasteiger partial charge on any atom is -0.480 e. The molecule has 1 amide bonds. The number of hydrogen-bond donors (Lipinski definition) is 3. The molecule has 0 aliphatic carbocycles. The van der Waals surface area contributed by atoms with Gasteiger partial charge in [0.2, 0.25) is 0 Å². The zero-order chi connectivity index (χ0) is 18.7. The van der Waals surface area contributed by atoms with Crippen LogP contribution in [0.25, 0.3) is 0 Å². The van der Waals surface area contributed by atoms with Gasteiger partial charge in [-0.25, -0.2) is 9.59 Å². The van der Waals surface area contributed by atoms with Gasteiger partial charge in [0.15, 0.2) is 0 Å². The third-order valence-corrected chi connectivity index (χ3v) is 3.48. The minimum absolute atomic E-state index is 0.0955. The SMILES string of the molecule is COC(=O)[C@H](CCCN[C@@H](C)C(=O)O)NC(=O)OCc1ccccc1. The van der Waals surface area contributed by atoms with E-state index in [4.69, 9.17) is 9.84 Å². The molecule has 1 aromatic rings. The number of esters is 1. The second-order valence-corrected chi connectivity index (χ2v) is 5.44. The van der Waals surface area contributed by atoms with E-state index in [0.717, 1.165) is 5.56 Å². The van der Waals surface area contributed by atoms with E-state index in [9.17, 15) is 14.4 Å². The van der Waals surface area contributed by atoms with Gasteiger partial charge in [-0.2, -0.15) is 0 Å². The quantitative estimate of drug-likeness (QED) is 0.429. The van der Waals surface area contributed by atoms with Crippen molar-refractivity contribution in [1.29, 1.82) is 0 Å². The standard InChI is InChI=1S/C17H24N2O6/c1-12(15(20)21)18-10-6-9-14(16(22)24-2)19-17(23)25-11-13-7-4-3-5-8-13/h3-5,7-8,12,14,18H,6,9-11H2,1-2H3,(H,19,23)(H,20,21)/t12-,14-/m0/s1. The molecule has 0 unspecified atom stereocenters. The normalized spacial score (nSPS) is 12.7. The van der Waals surface area contributed by atoms with Crippen molar-refractivity contribution in [2.75, 3.05) is 13.7 Å². The number of aliphatic carboxylic acids is 1. The van der Waals surface area contributed by atoms with Crippen molar-refractivity contribution in [2.45, 2.75) is 38.5 Å². The Bertz CT molecular complexity index is 564. The highest BCUT2D eigenvalue weighted by Crippen LogP contribution is 2.03. The van der Waals surface area contributed by atoms with Crippen LogP contribution in [-0.2, 0) is 25.7 Å². The van der Waals surface area contributed by atoms with Gasteiger partial charge < -0.3 is 25.2 Å². The number of carboxylic acids is 1. The monoisotopic (exact) mass is 352 g/mol. The van der Waals surface area contributed by atoms with Gasteiger partial charge in [-0.3, -0.25) is 4.79 Å². The zero-order valence-electron chi connectivity index (χ0n) is 14.4. The summed E-state index contributed by atoms with van der Waals surface area (Å²) in [6.45, 7) is 2.01. The van der Waals surface area contributed by atoms with E-state index >= 15 is 0 Å². The van der Waals surface area contributed by atoms with E-state index in [2.05, 4.69) is 15.4 Å². The first-order chi connectivity index (χ1) is 11.9. The molecule has 0 aliphatic heterocycles. The number of hydrogen-bond acceptors (Lipinski definition) is 6. The summed E-state index contributed by atoms with van der Waals surface area (Å²) in [4.78, 5) is 34.3. The molecule has 0 aromatic heterocycles. The molecule has 0 bridgehead atoms. The second-order valence-electron chi connectivity index (χ2n) is 5.44. The van der Waals surface area contributed by atoms with Crippen molar-refractivity contribution < 1.29 is 29.0 Å². The molecule has 0 heterocycles.